The average Bonchev–Trinajstić information content (AvgIpc) is 2.46. The van der Waals surface area contributed by atoms with E-state index in [1.807, 2.05) is 48.5 Å². The number of hydrogen-bond acceptors (Lipinski definition) is 4. The van der Waals surface area contributed by atoms with Crippen LogP contribution in [-0.2, 0) is 0 Å². The van der Waals surface area contributed by atoms with Crippen LogP contribution in [0.2, 0.25) is 0 Å². The minimum Gasteiger partial charge on any atom is -0.386 e. The van der Waals surface area contributed by atoms with E-state index in [0.29, 0.717) is 0 Å². The highest BCUT2D eigenvalue weighted by Gasteiger charge is 2.28. The van der Waals surface area contributed by atoms with E-state index < -0.39 is 6.10 Å². The fourth-order valence-electron chi connectivity index (χ4n) is 1.84. The Morgan fingerprint density at radius 1 is 1.00 bits per heavy atom. The summed E-state index contributed by atoms with van der Waals surface area (Å²) < 4.78 is 0.0738. The molecule has 0 amide bonds. The van der Waals surface area contributed by atoms with Gasteiger partial charge < -0.3 is 5.11 Å². The standard InChI is InChI=1S/C17H21NOS2/c1-17(2,3)21-16(20-14-11-7-8-12-18-14)15(19)13-9-5-4-6-10-13/h4-12,15-16,19H,1-3H3/t15-,16-/m1/s1. The molecule has 0 unspecified atom stereocenters. The van der Waals surface area contributed by atoms with Crippen LogP contribution in [0.1, 0.15) is 32.4 Å². The zero-order chi connectivity index (χ0) is 15.3. The number of hydrogen-bond donors (Lipinski definition) is 1. The molecule has 2 atom stereocenters. The van der Waals surface area contributed by atoms with Crippen LogP contribution < -0.4 is 0 Å². The first kappa shape index (κ1) is 16.4. The summed E-state index contributed by atoms with van der Waals surface area (Å²) in [7, 11) is 0. The summed E-state index contributed by atoms with van der Waals surface area (Å²) in [5, 5.41) is 11.7. The molecule has 0 radical (unpaired) electrons. The van der Waals surface area contributed by atoms with Crippen molar-refractivity contribution in [3.05, 3.63) is 60.3 Å². The molecule has 0 saturated carbocycles. The Morgan fingerprint density at radius 3 is 2.24 bits per heavy atom. The van der Waals surface area contributed by atoms with Crippen molar-refractivity contribution >= 4 is 23.5 Å². The predicted molar refractivity (Wildman–Crippen MR) is 92.6 cm³/mol. The third-order valence-corrected chi connectivity index (χ3v) is 5.49. The monoisotopic (exact) mass is 319 g/mol. The molecule has 0 saturated heterocycles. The van der Waals surface area contributed by atoms with Gasteiger partial charge in [-0.25, -0.2) is 4.98 Å². The maximum atomic E-state index is 10.7. The van der Waals surface area contributed by atoms with Gasteiger partial charge in [0.2, 0.25) is 0 Å². The van der Waals surface area contributed by atoms with Gasteiger partial charge in [0, 0.05) is 10.9 Å². The van der Waals surface area contributed by atoms with Gasteiger partial charge in [-0.15, -0.1) is 11.8 Å². The zero-order valence-corrected chi connectivity index (χ0v) is 14.2. The van der Waals surface area contributed by atoms with E-state index in [1.54, 1.807) is 29.7 Å². The summed E-state index contributed by atoms with van der Waals surface area (Å²) in [4.78, 5) is 4.36. The van der Waals surface area contributed by atoms with Crippen molar-refractivity contribution in [1.29, 1.82) is 0 Å². The number of thioether (sulfide) groups is 2. The van der Waals surface area contributed by atoms with E-state index in [0.717, 1.165) is 10.6 Å². The molecule has 4 heteroatoms. The van der Waals surface area contributed by atoms with Crippen LogP contribution >= 0.6 is 23.5 Å². The van der Waals surface area contributed by atoms with Gasteiger partial charge >= 0.3 is 0 Å². The van der Waals surface area contributed by atoms with E-state index in [4.69, 9.17) is 0 Å². The molecule has 1 aromatic carbocycles. The first-order valence-electron chi connectivity index (χ1n) is 6.94. The quantitative estimate of drug-likeness (QED) is 0.636. The number of pyridine rings is 1. The highest BCUT2D eigenvalue weighted by atomic mass is 32.2. The summed E-state index contributed by atoms with van der Waals surface area (Å²) in [5.41, 5.74) is 0.947. The van der Waals surface area contributed by atoms with Crippen molar-refractivity contribution in [2.75, 3.05) is 0 Å². The second kappa shape index (κ2) is 7.34. The van der Waals surface area contributed by atoms with Crippen LogP contribution in [0.15, 0.2) is 59.8 Å². The predicted octanol–water partition coefficient (Wildman–Crippen LogP) is 4.77. The molecule has 0 bridgehead atoms. The van der Waals surface area contributed by atoms with Crippen molar-refractivity contribution in [2.45, 2.75) is 41.2 Å². The van der Waals surface area contributed by atoms with Crippen molar-refractivity contribution < 1.29 is 5.11 Å². The first-order chi connectivity index (χ1) is 9.96. The van der Waals surface area contributed by atoms with E-state index >= 15 is 0 Å². The number of benzene rings is 1. The third kappa shape index (κ3) is 5.38. The maximum absolute atomic E-state index is 10.7. The normalized spacial score (nSPS) is 14.7. The van der Waals surface area contributed by atoms with Crippen molar-refractivity contribution in [1.82, 2.24) is 4.98 Å². The molecular weight excluding hydrogens is 298 g/mol. The number of rotatable bonds is 5. The lowest BCUT2D eigenvalue weighted by atomic mass is 10.1. The topological polar surface area (TPSA) is 33.1 Å². The van der Waals surface area contributed by atoms with Gasteiger partial charge in [-0.05, 0) is 17.7 Å². The lowest BCUT2D eigenvalue weighted by molar-refractivity contribution is 0.196. The molecule has 1 N–H and O–H groups in total. The molecular formula is C17H21NOS2. The SMILES string of the molecule is CC(C)(C)S[C@@H](Sc1ccccn1)[C@H](O)c1ccccc1. The molecule has 0 fully saturated rings. The van der Waals surface area contributed by atoms with Crippen molar-refractivity contribution in [2.24, 2.45) is 0 Å². The first-order valence-corrected chi connectivity index (χ1v) is 8.70. The lowest BCUT2D eigenvalue weighted by Crippen LogP contribution is -2.19. The van der Waals surface area contributed by atoms with Gasteiger partial charge in [-0.2, -0.15) is 0 Å². The molecule has 2 nitrogen and oxygen atoms in total. The van der Waals surface area contributed by atoms with Crippen LogP contribution in [0.5, 0.6) is 0 Å². The van der Waals surface area contributed by atoms with Gasteiger partial charge in [0.1, 0.15) is 6.10 Å². The summed E-state index contributed by atoms with van der Waals surface area (Å²) in [6.07, 6.45) is 1.26. The van der Waals surface area contributed by atoms with Crippen LogP contribution in [-0.4, -0.2) is 19.4 Å². The molecule has 112 valence electrons. The second-order valence-corrected chi connectivity index (χ2v) is 9.17. The molecule has 1 heterocycles. The van der Waals surface area contributed by atoms with E-state index in [-0.39, 0.29) is 9.33 Å². The molecule has 2 aromatic rings. The fraction of sp³-hybridized carbons (Fsp3) is 0.353. The van der Waals surface area contributed by atoms with Crippen molar-refractivity contribution in [3.63, 3.8) is 0 Å². The number of aliphatic hydroxyl groups is 1. The maximum Gasteiger partial charge on any atom is 0.100 e. The Labute approximate surface area is 135 Å². The molecule has 21 heavy (non-hydrogen) atoms. The van der Waals surface area contributed by atoms with Crippen LogP contribution in [0.3, 0.4) is 0 Å². The van der Waals surface area contributed by atoms with Gasteiger partial charge in [0.25, 0.3) is 0 Å². The molecule has 0 aliphatic rings. The Kier molecular flexibility index (Phi) is 5.73. The highest BCUT2D eigenvalue weighted by Crippen LogP contribution is 2.43. The number of aliphatic hydroxyl groups excluding tert-OH is 1. The summed E-state index contributed by atoms with van der Waals surface area (Å²) in [6.45, 7) is 6.50. The van der Waals surface area contributed by atoms with E-state index in [2.05, 4.69) is 25.8 Å². The minimum absolute atomic E-state index is 0.00213. The number of nitrogens with zero attached hydrogens (tertiary/aromatic N) is 1. The number of aromatic nitrogens is 1. The molecule has 0 spiro atoms. The molecule has 1 aromatic heterocycles. The van der Waals surface area contributed by atoms with Crippen LogP contribution in [0.25, 0.3) is 0 Å². The molecule has 0 aliphatic heterocycles. The largest absolute Gasteiger partial charge is 0.386 e. The summed E-state index contributed by atoms with van der Waals surface area (Å²) in [6, 6.07) is 15.7. The zero-order valence-electron chi connectivity index (χ0n) is 12.6. The van der Waals surface area contributed by atoms with Gasteiger partial charge in [-0.1, -0.05) is 68.9 Å². The summed E-state index contributed by atoms with van der Waals surface area (Å²) in [5.74, 6) is 0. The Hall–Kier alpha value is -0.970. The van der Waals surface area contributed by atoms with Gasteiger partial charge in [0.05, 0.1) is 9.61 Å². The van der Waals surface area contributed by atoms with Gasteiger partial charge in [0.15, 0.2) is 0 Å². The Morgan fingerprint density at radius 2 is 1.67 bits per heavy atom. The Balaban J connectivity index is 2.19. The highest BCUT2D eigenvalue weighted by molar-refractivity contribution is 8.17. The van der Waals surface area contributed by atoms with E-state index in [1.165, 1.54) is 0 Å². The van der Waals surface area contributed by atoms with Crippen LogP contribution in [0, 0.1) is 0 Å². The van der Waals surface area contributed by atoms with Gasteiger partial charge in [-0.3, -0.25) is 0 Å². The summed E-state index contributed by atoms with van der Waals surface area (Å²) >= 11 is 3.39. The second-order valence-electron chi connectivity index (χ2n) is 5.74. The minimum atomic E-state index is -0.526. The average molecular weight is 319 g/mol. The fourth-order valence-corrected chi connectivity index (χ4v) is 4.98. The third-order valence-electron chi connectivity index (χ3n) is 2.74. The smallest absolute Gasteiger partial charge is 0.100 e. The Bertz CT molecular complexity index is 540. The van der Waals surface area contributed by atoms with Crippen molar-refractivity contribution in [3.8, 4) is 0 Å². The van der Waals surface area contributed by atoms with Crippen LogP contribution in [0.4, 0.5) is 0 Å². The molecule has 0 aliphatic carbocycles. The lowest BCUT2D eigenvalue weighted by Gasteiger charge is -2.28. The molecule has 2 rings (SSSR count). The van der Waals surface area contributed by atoms with E-state index in [9.17, 15) is 5.11 Å².